The number of piperidine rings is 1. The van der Waals surface area contributed by atoms with Crippen molar-refractivity contribution in [3.8, 4) is 0 Å². The van der Waals surface area contributed by atoms with Crippen molar-refractivity contribution in [2.75, 3.05) is 18.0 Å². The van der Waals surface area contributed by atoms with Crippen molar-refractivity contribution in [2.24, 2.45) is 0 Å². The third kappa shape index (κ3) is 3.72. The number of aromatic nitrogens is 3. The Balaban J connectivity index is 1.69. The van der Waals surface area contributed by atoms with Crippen LogP contribution in [-0.2, 0) is 10.7 Å². The van der Waals surface area contributed by atoms with Gasteiger partial charge in [-0.05, 0) is 37.5 Å². The summed E-state index contributed by atoms with van der Waals surface area (Å²) < 4.78 is 28.9. The van der Waals surface area contributed by atoms with Gasteiger partial charge in [0.25, 0.3) is 5.91 Å². The molecule has 0 spiro atoms. The quantitative estimate of drug-likeness (QED) is 0.917. The predicted octanol–water partition coefficient (Wildman–Crippen LogP) is 2.06. The molecule has 1 amide bonds. The van der Waals surface area contributed by atoms with Crippen LogP contribution in [0, 0.1) is 6.92 Å². The van der Waals surface area contributed by atoms with E-state index in [-0.39, 0.29) is 11.6 Å². The van der Waals surface area contributed by atoms with E-state index in [2.05, 4.69) is 20.3 Å². The van der Waals surface area contributed by atoms with Gasteiger partial charge in [0.2, 0.25) is 5.95 Å². The maximum atomic E-state index is 14.5. The number of hydrogen-bond acceptors (Lipinski definition) is 5. The van der Waals surface area contributed by atoms with Gasteiger partial charge in [-0.3, -0.25) is 9.78 Å². The maximum absolute atomic E-state index is 14.5. The first-order chi connectivity index (χ1) is 12.0. The van der Waals surface area contributed by atoms with Gasteiger partial charge in [-0.25, -0.2) is 9.97 Å². The lowest BCUT2D eigenvalue weighted by Crippen LogP contribution is -2.51. The summed E-state index contributed by atoms with van der Waals surface area (Å²) in [6.45, 7) is 2.64. The second-order valence-electron chi connectivity index (χ2n) is 6.05. The van der Waals surface area contributed by atoms with Gasteiger partial charge in [-0.15, -0.1) is 0 Å². The van der Waals surface area contributed by atoms with Gasteiger partial charge in [-0.2, -0.15) is 8.78 Å². The fourth-order valence-electron chi connectivity index (χ4n) is 2.93. The highest BCUT2D eigenvalue weighted by atomic mass is 19.3. The van der Waals surface area contributed by atoms with E-state index in [1.54, 1.807) is 24.5 Å². The summed E-state index contributed by atoms with van der Waals surface area (Å²) in [5.74, 6) is -4.46. The van der Waals surface area contributed by atoms with Gasteiger partial charge in [-0.1, -0.05) is 6.07 Å². The van der Waals surface area contributed by atoms with E-state index < -0.39 is 17.5 Å². The zero-order chi connectivity index (χ0) is 17.9. The first-order valence-corrected chi connectivity index (χ1v) is 8.11. The van der Waals surface area contributed by atoms with Crippen molar-refractivity contribution in [1.82, 2.24) is 20.3 Å². The lowest BCUT2D eigenvalue weighted by atomic mass is 10.0. The summed E-state index contributed by atoms with van der Waals surface area (Å²) in [4.78, 5) is 26.1. The second-order valence-corrected chi connectivity index (χ2v) is 6.05. The standard InChI is InChI=1S/C17H19F2N5O/c1-12-5-2-7-20-14(12)17(18,19)15(25)23-13-6-3-10-24(11-13)16-21-8-4-9-22-16/h2,4-5,7-9,13H,3,6,10-11H2,1H3,(H,23,25)/t13-/m0/s1. The molecular weight excluding hydrogens is 328 g/mol. The minimum Gasteiger partial charge on any atom is -0.346 e. The monoisotopic (exact) mass is 347 g/mol. The molecule has 1 atom stereocenters. The van der Waals surface area contributed by atoms with E-state index in [4.69, 9.17) is 0 Å². The lowest BCUT2D eigenvalue weighted by Gasteiger charge is -2.33. The van der Waals surface area contributed by atoms with Gasteiger partial charge in [0, 0.05) is 37.7 Å². The third-order valence-electron chi connectivity index (χ3n) is 4.18. The van der Waals surface area contributed by atoms with Crippen LogP contribution in [0.1, 0.15) is 24.1 Å². The van der Waals surface area contributed by atoms with Crippen molar-refractivity contribution in [3.63, 3.8) is 0 Å². The zero-order valence-corrected chi connectivity index (χ0v) is 13.8. The van der Waals surface area contributed by atoms with Crippen LogP contribution in [0.2, 0.25) is 0 Å². The fraction of sp³-hybridized carbons (Fsp3) is 0.412. The zero-order valence-electron chi connectivity index (χ0n) is 13.8. The van der Waals surface area contributed by atoms with Gasteiger partial charge >= 0.3 is 5.92 Å². The number of rotatable bonds is 4. The molecule has 0 aromatic carbocycles. The predicted molar refractivity (Wildman–Crippen MR) is 88.3 cm³/mol. The molecule has 0 aliphatic carbocycles. The smallest absolute Gasteiger partial charge is 0.346 e. The number of anilines is 1. The molecule has 6 nitrogen and oxygen atoms in total. The van der Waals surface area contributed by atoms with Crippen LogP contribution < -0.4 is 10.2 Å². The van der Waals surface area contributed by atoms with Crippen molar-refractivity contribution in [2.45, 2.75) is 31.7 Å². The topological polar surface area (TPSA) is 71.0 Å². The van der Waals surface area contributed by atoms with Gasteiger partial charge in [0.1, 0.15) is 5.69 Å². The summed E-state index contributed by atoms with van der Waals surface area (Å²) in [7, 11) is 0. The first kappa shape index (κ1) is 17.2. The van der Waals surface area contributed by atoms with Crippen molar-refractivity contribution in [1.29, 1.82) is 0 Å². The number of alkyl halides is 2. The van der Waals surface area contributed by atoms with Gasteiger partial charge < -0.3 is 10.2 Å². The lowest BCUT2D eigenvalue weighted by molar-refractivity contribution is -0.148. The molecule has 0 bridgehead atoms. The van der Waals surface area contributed by atoms with Crippen LogP contribution in [0.25, 0.3) is 0 Å². The van der Waals surface area contributed by atoms with Crippen LogP contribution in [0.5, 0.6) is 0 Å². The number of carbonyl (C=O) groups excluding carboxylic acids is 1. The molecule has 25 heavy (non-hydrogen) atoms. The molecule has 3 heterocycles. The number of pyridine rings is 1. The molecule has 0 saturated carbocycles. The van der Waals surface area contributed by atoms with E-state index in [0.29, 0.717) is 18.9 Å². The minimum absolute atomic E-state index is 0.283. The molecule has 1 saturated heterocycles. The Labute approximate surface area is 144 Å². The molecule has 132 valence electrons. The highest BCUT2D eigenvalue weighted by Crippen LogP contribution is 2.29. The molecule has 1 fully saturated rings. The van der Waals surface area contributed by atoms with Crippen molar-refractivity contribution in [3.05, 3.63) is 48.0 Å². The van der Waals surface area contributed by atoms with Crippen LogP contribution in [0.3, 0.4) is 0 Å². The van der Waals surface area contributed by atoms with E-state index in [0.717, 1.165) is 13.0 Å². The Bertz CT molecular complexity index is 741. The fourth-order valence-corrected chi connectivity index (χ4v) is 2.93. The number of aryl methyl sites for hydroxylation is 1. The Hall–Kier alpha value is -2.64. The Morgan fingerprint density at radius 3 is 2.68 bits per heavy atom. The van der Waals surface area contributed by atoms with Crippen LogP contribution >= 0.6 is 0 Å². The minimum atomic E-state index is -3.67. The van der Waals surface area contributed by atoms with Gasteiger partial charge in [0.15, 0.2) is 0 Å². The summed E-state index contributed by atoms with van der Waals surface area (Å²) >= 11 is 0. The summed E-state index contributed by atoms with van der Waals surface area (Å²) in [6.07, 6.45) is 5.91. The molecule has 2 aromatic heterocycles. The number of hydrogen-bond donors (Lipinski definition) is 1. The van der Waals surface area contributed by atoms with E-state index >= 15 is 0 Å². The number of nitrogens with one attached hydrogen (secondary N) is 1. The first-order valence-electron chi connectivity index (χ1n) is 8.11. The normalized spacial score (nSPS) is 18.0. The molecule has 8 heteroatoms. The molecule has 0 radical (unpaired) electrons. The summed E-state index contributed by atoms with van der Waals surface area (Å²) in [6, 6.07) is 4.40. The molecule has 1 aliphatic rings. The maximum Gasteiger partial charge on any atom is 0.366 e. The molecule has 2 aromatic rings. The molecule has 1 aliphatic heterocycles. The van der Waals surface area contributed by atoms with E-state index in [1.165, 1.54) is 19.2 Å². The highest BCUT2D eigenvalue weighted by Gasteiger charge is 2.44. The van der Waals surface area contributed by atoms with E-state index in [9.17, 15) is 13.6 Å². The molecule has 1 N–H and O–H groups in total. The average molecular weight is 347 g/mol. The molecular formula is C17H19F2N5O. The van der Waals surface area contributed by atoms with Crippen molar-refractivity contribution >= 4 is 11.9 Å². The van der Waals surface area contributed by atoms with E-state index in [1.807, 2.05) is 4.90 Å². The second kappa shape index (κ2) is 7.08. The SMILES string of the molecule is Cc1cccnc1C(F)(F)C(=O)N[C@H]1CCCN(c2ncccn2)C1. The Morgan fingerprint density at radius 2 is 1.96 bits per heavy atom. The molecule has 0 unspecified atom stereocenters. The Morgan fingerprint density at radius 1 is 1.24 bits per heavy atom. The summed E-state index contributed by atoms with van der Waals surface area (Å²) in [5, 5.41) is 2.46. The summed E-state index contributed by atoms with van der Waals surface area (Å²) in [5.41, 5.74) is -0.225. The Kier molecular flexibility index (Phi) is 4.87. The van der Waals surface area contributed by atoms with Gasteiger partial charge in [0.05, 0.1) is 0 Å². The highest BCUT2D eigenvalue weighted by molar-refractivity contribution is 5.85. The molecule has 3 rings (SSSR count). The average Bonchev–Trinajstić information content (AvgIpc) is 2.63. The van der Waals surface area contributed by atoms with Crippen molar-refractivity contribution < 1.29 is 13.6 Å². The third-order valence-corrected chi connectivity index (χ3v) is 4.18. The largest absolute Gasteiger partial charge is 0.366 e. The number of amides is 1. The number of halogens is 2. The van der Waals surface area contributed by atoms with Crippen LogP contribution in [0.15, 0.2) is 36.8 Å². The number of nitrogens with zero attached hydrogens (tertiary/aromatic N) is 4. The van der Waals surface area contributed by atoms with Crippen LogP contribution in [0.4, 0.5) is 14.7 Å². The number of carbonyl (C=O) groups is 1. The van der Waals surface area contributed by atoms with Crippen LogP contribution in [-0.4, -0.2) is 40.0 Å².